The highest BCUT2D eigenvalue weighted by Crippen LogP contribution is 2.55. The number of carbonyl (C=O) groups is 4. The molecule has 0 saturated carbocycles. The number of anilines is 1. The van der Waals surface area contributed by atoms with Gasteiger partial charge in [0.05, 0.1) is 24.6 Å². The second-order valence-electron chi connectivity index (χ2n) is 9.12. The van der Waals surface area contributed by atoms with Crippen molar-refractivity contribution < 1.29 is 34.1 Å². The van der Waals surface area contributed by atoms with Crippen LogP contribution in [0.2, 0.25) is 0 Å². The number of hydrogen-bond donors (Lipinski definition) is 3. The number of fused-ring (bicyclic) bond motifs is 1. The summed E-state index contributed by atoms with van der Waals surface area (Å²) in [5.41, 5.74) is -0.767. The zero-order valence-electron chi connectivity index (χ0n) is 20.0. The molecule has 188 valence electrons. The molecule has 4 unspecified atom stereocenters. The highest BCUT2D eigenvalue weighted by molar-refractivity contribution is 6.24. The summed E-state index contributed by atoms with van der Waals surface area (Å²) in [6, 6.07) is 17.9. The van der Waals surface area contributed by atoms with Crippen LogP contribution in [0.5, 0.6) is 11.5 Å². The van der Waals surface area contributed by atoms with Gasteiger partial charge in [-0.05, 0) is 42.8 Å². The van der Waals surface area contributed by atoms with Crippen molar-refractivity contribution in [2.75, 3.05) is 12.0 Å². The molecule has 9 heteroatoms. The average Bonchev–Trinajstić information content (AvgIpc) is 3.39. The number of hydrogen-bond acceptors (Lipinski definition) is 7. The lowest BCUT2D eigenvalue weighted by molar-refractivity contribution is -0.149. The van der Waals surface area contributed by atoms with E-state index in [-0.39, 0.29) is 28.5 Å². The minimum atomic E-state index is -1.95. The number of carbonyl (C=O) groups excluding carboxylic acids is 3. The molecule has 0 spiro atoms. The number of benzene rings is 3. The monoisotopic (exact) mass is 500 g/mol. The normalized spacial score (nSPS) is 24.7. The van der Waals surface area contributed by atoms with Gasteiger partial charge in [-0.25, -0.2) is 9.69 Å². The number of amides is 2. The smallest absolute Gasteiger partial charge is 0.329 e. The number of phenolic OH excluding ortho intramolecular Hbond substituents is 1. The number of rotatable bonds is 6. The third-order valence-corrected chi connectivity index (χ3v) is 7.24. The summed E-state index contributed by atoms with van der Waals surface area (Å²) in [4.78, 5) is 53.5. The first-order valence-corrected chi connectivity index (χ1v) is 11.6. The predicted molar refractivity (Wildman–Crippen MR) is 132 cm³/mol. The summed E-state index contributed by atoms with van der Waals surface area (Å²) in [6.07, 6.45) is 0. The molecule has 0 radical (unpaired) electrons. The zero-order valence-corrected chi connectivity index (χ0v) is 20.0. The Morgan fingerprint density at radius 2 is 1.62 bits per heavy atom. The Kier molecular flexibility index (Phi) is 5.80. The van der Waals surface area contributed by atoms with Crippen molar-refractivity contribution in [1.29, 1.82) is 0 Å². The molecule has 0 bridgehead atoms. The van der Waals surface area contributed by atoms with Crippen molar-refractivity contribution in [3.63, 3.8) is 0 Å². The van der Waals surface area contributed by atoms with Crippen LogP contribution in [-0.2, 0) is 19.9 Å². The maximum Gasteiger partial charge on any atom is 0.329 e. The molecule has 3 aromatic carbocycles. The molecule has 2 aliphatic heterocycles. The van der Waals surface area contributed by atoms with Gasteiger partial charge in [0.25, 0.3) is 0 Å². The van der Waals surface area contributed by atoms with Crippen molar-refractivity contribution >= 4 is 29.3 Å². The second-order valence-corrected chi connectivity index (χ2v) is 9.12. The van der Waals surface area contributed by atoms with Gasteiger partial charge >= 0.3 is 5.97 Å². The van der Waals surface area contributed by atoms with Gasteiger partial charge in [-0.2, -0.15) is 0 Å². The molecule has 2 aliphatic rings. The molecule has 0 aromatic heterocycles. The molecule has 0 aliphatic carbocycles. The fraction of sp³-hybridized carbons (Fsp3) is 0.214. The number of ether oxygens (including phenoxy) is 1. The van der Waals surface area contributed by atoms with Gasteiger partial charge in [-0.1, -0.05) is 42.5 Å². The van der Waals surface area contributed by atoms with E-state index in [0.717, 1.165) is 4.90 Å². The lowest BCUT2D eigenvalue weighted by atomic mass is 9.75. The van der Waals surface area contributed by atoms with Crippen LogP contribution in [-0.4, -0.2) is 40.9 Å². The van der Waals surface area contributed by atoms with E-state index in [2.05, 4.69) is 5.32 Å². The van der Waals surface area contributed by atoms with Gasteiger partial charge in [0, 0.05) is 17.2 Å². The van der Waals surface area contributed by atoms with Crippen LogP contribution in [0.1, 0.15) is 34.5 Å². The van der Waals surface area contributed by atoms with E-state index >= 15 is 0 Å². The predicted octanol–water partition coefficient (Wildman–Crippen LogP) is 3.03. The Morgan fingerprint density at radius 3 is 2.22 bits per heavy atom. The van der Waals surface area contributed by atoms with Crippen LogP contribution in [0.4, 0.5) is 5.69 Å². The molecule has 2 saturated heterocycles. The van der Waals surface area contributed by atoms with Crippen LogP contribution >= 0.6 is 0 Å². The minimum Gasteiger partial charge on any atom is -0.504 e. The summed E-state index contributed by atoms with van der Waals surface area (Å²) >= 11 is 0. The largest absolute Gasteiger partial charge is 0.504 e. The van der Waals surface area contributed by atoms with Crippen LogP contribution < -0.4 is 15.0 Å². The van der Waals surface area contributed by atoms with Gasteiger partial charge in [0.2, 0.25) is 11.8 Å². The maximum atomic E-state index is 13.9. The molecular weight excluding hydrogens is 476 g/mol. The number of methoxy groups -OCH3 is 1. The molecule has 2 amide bonds. The number of carboxylic acid groups (broad SMARTS) is 1. The Bertz CT molecular complexity index is 1420. The molecule has 2 heterocycles. The maximum absolute atomic E-state index is 13.9. The Labute approximate surface area is 212 Å². The molecule has 4 atom stereocenters. The Morgan fingerprint density at radius 1 is 0.946 bits per heavy atom. The number of nitrogens with one attached hydrogen (secondary N) is 1. The minimum absolute atomic E-state index is 0.150. The van der Waals surface area contributed by atoms with Crippen LogP contribution in [0.15, 0.2) is 72.8 Å². The molecule has 5 rings (SSSR count). The summed E-state index contributed by atoms with van der Waals surface area (Å²) in [7, 11) is 1.38. The van der Waals surface area contributed by atoms with Crippen molar-refractivity contribution in [3.8, 4) is 11.5 Å². The summed E-state index contributed by atoms with van der Waals surface area (Å²) < 4.78 is 5.23. The van der Waals surface area contributed by atoms with Gasteiger partial charge in [-0.15, -0.1) is 0 Å². The summed E-state index contributed by atoms with van der Waals surface area (Å²) in [5, 5.41) is 24.6. The quantitative estimate of drug-likeness (QED) is 0.348. The van der Waals surface area contributed by atoms with Crippen molar-refractivity contribution in [2.45, 2.75) is 18.5 Å². The van der Waals surface area contributed by atoms with E-state index in [1.807, 2.05) is 0 Å². The van der Waals surface area contributed by atoms with Crippen molar-refractivity contribution in [2.24, 2.45) is 11.8 Å². The fourth-order valence-electron chi connectivity index (χ4n) is 5.52. The van der Waals surface area contributed by atoms with Gasteiger partial charge in [0.1, 0.15) is 0 Å². The third-order valence-electron chi connectivity index (χ3n) is 7.24. The summed E-state index contributed by atoms with van der Waals surface area (Å²) in [6.45, 7) is 1.41. The SMILES string of the molecule is COc1cccc(C2NC(C(=O)O)(c3ccccc3)C3C(=O)N(c4ccc(C(C)=O)cc4)C(=O)C23)c1O. The lowest BCUT2D eigenvalue weighted by Gasteiger charge is -2.31. The molecule has 37 heavy (non-hydrogen) atoms. The molecular formula is C28H24N2O7. The van der Waals surface area contributed by atoms with Gasteiger partial charge in [-0.3, -0.25) is 19.7 Å². The van der Waals surface area contributed by atoms with E-state index in [0.29, 0.717) is 11.1 Å². The average molecular weight is 501 g/mol. The number of para-hydroxylation sites is 1. The number of nitrogens with zero attached hydrogens (tertiary/aromatic N) is 1. The topological polar surface area (TPSA) is 133 Å². The van der Waals surface area contributed by atoms with E-state index < -0.39 is 41.2 Å². The number of aromatic hydroxyl groups is 1. The van der Waals surface area contributed by atoms with E-state index in [1.54, 1.807) is 42.5 Å². The fourth-order valence-corrected chi connectivity index (χ4v) is 5.52. The first kappa shape index (κ1) is 24.2. The first-order valence-electron chi connectivity index (χ1n) is 11.6. The summed E-state index contributed by atoms with van der Waals surface area (Å²) in [5.74, 6) is -5.35. The van der Waals surface area contributed by atoms with E-state index in [9.17, 15) is 29.4 Å². The lowest BCUT2D eigenvalue weighted by Crippen LogP contribution is -2.53. The highest BCUT2D eigenvalue weighted by Gasteiger charge is 2.69. The van der Waals surface area contributed by atoms with E-state index in [4.69, 9.17) is 4.74 Å². The van der Waals surface area contributed by atoms with Crippen molar-refractivity contribution in [1.82, 2.24) is 5.32 Å². The molecule has 9 nitrogen and oxygen atoms in total. The molecule has 3 N–H and O–H groups in total. The molecule has 3 aromatic rings. The van der Waals surface area contributed by atoms with Crippen LogP contribution in [0.25, 0.3) is 0 Å². The standard InChI is InChI=1S/C28H24N2O7/c1-15(31)16-11-13-18(14-12-16)30-25(33)21-22(26(30)34)28(27(35)36,17-7-4-3-5-8-17)29-23(21)19-9-6-10-20(37-2)24(19)32/h3-14,21-23,29,32H,1-2H3,(H,35,36). The van der Waals surface area contributed by atoms with Crippen molar-refractivity contribution in [3.05, 3.63) is 89.5 Å². The van der Waals surface area contributed by atoms with Gasteiger partial charge in [0.15, 0.2) is 22.8 Å². The Balaban J connectivity index is 1.71. The second kappa shape index (κ2) is 8.86. The highest BCUT2D eigenvalue weighted by atomic mass is 16.5. The number of aliphatic carboxylic acids is 1. The first-order chi connectivity index (χ1) is 17.7. The number of carboxylic acids is 1. The Hall–Kier alpha value is -4.50. The third kappa shape index (κ3) is 3.50. The van der Waals surface area contributed by atoms with Gasteiger partial charge < -0.3 is 14.9 Å². The number of Topliss-reactive ketones (excluding diaryl/α,β-unsaturated/α-hetero) is 1. The zero-order chi connectivity index (χ0) is 26.5. The number of imide groups is 1. The molecule has 2 fully saturated rings. The number of ketones is 1. The van der Waals surface area contributed by atoms with Crippen LogP contribution in [0.3, 0.4) is 0 Å². The van der Waals surface area contributed by atoms with Crippen LogP contribution in [0, 0.1) is 11.8 Å². The van der Waals surface area contributed by atoms with E-state index in [1.165, 1.54) is 44.4 Å². The number of phenols is 1.